The van der Waals surface area contributed by atoms with E-state index in [-0.39, 0.29) is 5.56 Å². The maximum absolute atomic E-state index is 12.4. The molecule has 160 valence electrons. The lowest BCUT2D eigenvalue weighted by molar-refractivity contribution is -0.394. The summed E-state index contributed by atoms with van der Waals surface area (Å²) >= 11 is 0. The Labute approximate surface area is 174 Å². The van der Waals surface area contributed by atoms with Gasteiger partial charge in [-0.3, -0.25) is 25.0 Å². The van der Waals surface area contributed by atoms with Gasteiger partial charge in [0, 0.05) is 12.1 Å². The maximum atomic E-state index is 12.4. The molecule has 31 heavy (non-hydrogen) atoms. The summed E-state index contributed by atoms with van der Waals surface area (Å²) in [7, 11) is 0. The van der Waals surface area contributed by atoms with Crippen LogP contribution in [0.3, 0.4) is 0 Å². The van der Waals surface area contributed by atoms with Gasteiger partial charge in [0.1, 0.15) is 12.0 Å². The minimum absolute atomic E-state index is 0.260. The molecule has 0 bridgehead atoms. The molecule has 0 spiro atoms. The Morgan fingerprint density at radius 2 is 1.55 bits per heavy atom. The molecular formula is C19H15N3O9. The van der Waals surface area contributed by atoms with Crippen LogP contribution in [0.2, 0.25) is 0 Å². The van der Waals surface area contributed by atoms with Crippen molar-refractivity contribution in [2.45, 2.75) is 19.3 Å². The summed E-state index contributed by atoms with van der Waals surface area (Å²) in [5.41, 5.74) is -1.49. The first kappa shape index (κ1) is 21.4. The van der Waals surface area contributed by atoms with Gasteiger partial charge in [0.2, 0.25) is 5.91 Å². The molecule has 1 aliphatic rings. The summed E-state index contributed by atoms with van der Waals surface area (Å²) in [6, 6.07) is 10.4. The third-order valence-electron chi connectivity index (χ3n) is 4.52. The smallest absolute Gasteiger partial charge is 0.340 e. The predicted molar refractivity (Wildman–Crippen MR) is 102 cm³/mol. The first-order valence-electron chi connectivity index (χ1n) is 8.88. The van der Waals surface area contributed by atoms with Crippen molar-refractivity contribution >= 4 is 29.2 Å². The number of hydrogen-bond acceptors (Lipinski definition) is 9. The van der Waals surface area contributed by atoms with Gasteiger partial charge in [-0.1, -0.05) is 18.2 Å². The first-order chi connectivity index (χ1) is 14.7. The van der Waals surface area contributed by atoms with Crippen LogP contribution in [0.25, 0.3) is 0 Å². The van der Waals surface area contributed by atoms with Crippen LogP contribution in [0, 0.1) is 26.1 Å². The molecule has 1 aliphatic heterocycles. The molecule has 1 heterocycles. The number of nitrogens with one attached hydrogen (secondary N) is 1. The van der Waals surface area contributed by atoms with Gasteiger partial charge in [-0.05, 0) is 19.1 Å². The minimum atomic E-state index is -1.10. The van der Waals surface area contributed by atoms with Crippen LogP contribution in [0.15, 0.2) is 48.5 Å². The summed E-state index contributed by atoms with van der Waals surface area (Å²) in [6.45, 7) is 1.37. The monoisotopic (exact) mass is 429 g/mol. The molecule has 0 saturated carbocycles. The van der Waals surface area contributed by atoms with E-state index in [1.54, 1.807) is 18.2 Å². The number of carbonyl (C=O) groups excluding carboxylic acids is 3. The summed E-state index contributed by atoms with van der Waals surface area (Å²) < 4.78 is 10.4. The fraction of sp³-hybridized carbons (Fsp3) is 0.211. The molecule has 1 N–H and O–H groups in total. The molecule has 0 aromatic heterocycles. The second-order valence-corrected chi connectivity index (χ2v) is 6.59. The third kappa shape index (κ3) is 4.63. The molecule has 3 rings (SSSR count). The Kier molecular flexibility index (Phi) is 5.90. The van der Waals surface area contributed by atoms with Gasteiger partial charge in [0.25, 0.3) is 11.4 Å². The zero-order valence-corrected chi connectivity index (χ0v) is 15.9. The van der Waals surface area contributed by atoms with Crippen LogP contribution in [0.4, 0.5) is 11.4 Å². The zero-order chi connectivity index (χ0) is 22.7. The molecule has 0 aliphatic carbocycles. The van der Waals surface area contributed by atoms with Crippen LogP contribution in [-0.2, 0) is 14.3 Å². The van der Waals surface area contributed by atoms with Crippen molar-refractivity contribution in [1.82, 2.24) is 5.32 Å². The van der Waals surface area contributed by atoms with Crippen LogP contribution in [-0.4, -0.2) is 40.0 Å². The average Bonchev–Trinajstić information content (AvgIpc) is 2.73. The number of benzene rings is 2. The van der Waals surface area contributed by atoms with Gasteiger partial charge in [-0.2, -0.15) is 0 Å². The van der Waals surface area contributed by atoms with Crippen molar-refractivity contribution in [2.24, 2.45) is 5.92 Å². The molecule has 2 aromatic rings. The topological polar surface area (TPSA) is 168 Å². The summed E-state index contributed by atoms with van der Waals surface area (Å²) in [6.07, 6.45) is -2.14. The molecule has 3 atom stereocenters. The third-order valence-corrected chi connectivity index (χ3v) is 4.52. The molecule has 0 radical (unpaired) electrons. The molecule has 2 aromatic carbocycles. The van der Waals surface area contributed by atoms with E-state index in [9.17, 15) is 34.6 Å². The molecule has 1 unspecified atom stereocenters. The fourth-order valence-corrected chi connectivity index (χ4v) is 2.92. The van der Waals surface area contributed by atoms with Crippen LogP contribution < -0.4 is 5.32 Å². The van der Waals surface area contributed by atoms with Crippen molar-refractivity contribution in [3.05, 3.63) is 79.9 Å². The molecule has 12 heteroatoms. The molecule has 1 amide bonds. The lowest BCUT2D eigenvalue weighted by Gasteiger charge is -2.38. The van der Waals surface area contributed by atoms with E-state index in [0.29, 0.717) is 6.07 Å². The second-order valence-electron chi connectivity index (χ2n) is 6.59. The average molecular weight is 429 g/mol. The van der Waals surface area contributed by atoms with E-state index >= 15 is 0 Å². The number of non-ortho nitro benzene ring substituents is 2. The van der Waals surface area contributed by atoms with E-state index in [1.807, 2.05) is 0 Å². The minimum Gasteiger partial charge on any atom is -0.458 e. The van der Waals surface area contributed by atoms with Crippen LogP contribution >= 0.6 is 0 Å². The number of nitrogens with zero attached hydrogens (tertiary/aromatic N) is 2. The van der Waals surface area contributed by atoms with E-state index < -0.39 is 62.9 Å². The maximum Gasteiger partial charge on any atom is 0.340 e. The number of amides is 1. The zero-order valence-electron chi connectivity index (χ0n) is 15.9. The van der Waals surface area contributed by atoms with E-state index in [2.05, 4.69) is 5.32 Å². The quantitative estimate of drug-likeness (QED) is 0.299. The molecule has 1 fully saturated rings. The standard InChI is InChI=1S/C19H15N3O9/c1-10(15-16(23)20-17(15)31-18(24)11-5-3-2-4-6-11)30-19(25)12-7-13(21(26)27)9-14(8-12)22(28)29/h2-10,15,17H,1H3,(H,20,23)/t10?,15-,17+/m0/s1. The van der Waals surface area contributed by atoms with Gasteiger partial charge in [0.15, 0.2) is 6.23 Å². The SMILES string of the molecule is CC(OC(=O)c1cc([N+](=O)[O-])cc([N+](=O)[O-])c1)[C@H]1C(=O)N[C@@H]1OC(=O)c1ccccc1. The Morgan fingerprint density at radius 3 is 2.06 bits per heavy atom. The number of β-lactam (4-membered cyclic amide) rings is 1. The van der Waals surface area contributed by atoms with Gasteiger partial charge >= 0.3 is 11.9 Å². The highest BCUT2D eigenvalue weighted by atomic mass is 16.6. The van der Waals surface area contributed by atoms with Gasteiger partial charge in [0.05, 0.1) is 27.0 Å². The fourth-order valence-electron chi connectivity index (χ4n) is 2.92. The number of rotatable bonds is 7. The summed E-state index contributed by atoms with van der Waals surface area (Å²) in [5.74, 6) is -3.35. The van der Waals surface area contributed by atoms with E-state index in [0.717, 1.165) is 12.1 Å². The van der Waals surface area contributed by atoms with Crippen LogP contribution in [0.5, 0.6) is 0 Å². The van der Waals surface area contributed by atoms with Crippen molar-refractivity contribution in [3.63, 3.8) is 0 Å². The second kappa shape index (κ2) is 8.57. The largest absolute Gasteiger partial charge is 0.458 e. The van der Waals surface area contributed by atoms with E-state index in [1.165, 1.54) is 19.1 Å². The van der Waals surface area contributed by atoms with Gasteiger partial charge in [-0.25, -0.2) is 9.59 Å². The lowest BCUT2D eigenvalue weighted by Crippen LogP contribution is -2.64. The van der Waals surface area contributed by atoms with Crippen LogP contribution in [0.1, 0.15) is 27.6 Å². The summed E-state index contributed by atoms with van der Waals surface area (Å²) in [5, 5.41) is 24.3. The molecule has 1 saturated heterocycles. The lowest BCUT2D eigenvalue weighted by atomic mass is 9.93. The number of ether oxygens (including phenoxy) is 2. The predicted octanol–water partition coefficient (Wildman–Crippen LogP) is 1.98. The molecular weight excluding hydrogens is 414 g/mol. The van der Waals surface area contributed by atoms with Crippen molar-refractivity contribution < 1.29 is 33.7 Å². The number of carbonyl (C=O) groups is 3. The molecule has 12 nitrogen and oxygen atoms in total. The van der Waals surface area contributed by atoms with Gasteiger partial charge in [-0.15, -0.1) is 0 Å². The highest BCUT2D eigenvalue weighted by Gasteiger charge is 2.47. The first-order valence-corrected chi connectivity index (χ1v) is 8.88. The number of hydrogen-bond donors (Lipinski definition) is 1. The van der Waals surface area contributed by atoms with Crippen molar-refractivity contribution in [2.75, 3.05) is 0 Å². The van der Waals surface area contributed by atoms with Crippen molar-refractivity contribution in [3.8, 4) is 0 Å². The Bertz CT molecular complexity index is 1040. The number of esters is 2. The van der Waals surface area contributed by atoms with Crippen molar-refractivity contribution in [1.29, 1.82) is 0 Å². The Hall–Kier alpha value is -4.35. The van der Waals surface area contributed by atoms with Gasteiger partial charge < -0.3 is 14.8 Å². The number of nitro groups is 2. The highest BCUT2D eigenvalue weighted by molar-refractivity contribution is 5.93. The van der Waals surface area contributed by atoms with E-state index in [4.69, 9.17) is 9.47 Å². The highest BCUT2D eigenvalue weighted by Crippen LogP contribution is 2.27. The number of nitro benzene ring substituents is 2. The summed E-state index contributed by atoms with van der Waals surface area (Å²) in [4.78, 5) is 56.7. The Morgan fingerprint density at radius 1 is 0.968 bits per heavy atom. The Balaban J connectivity index is 1.71. The normalized spacial score (nSPS) is 18.2.